The summed E-state index contributed by atoms with van der Waals surface area (Å²) in [6.07, 6.45) is 5.68. The maximum Gasteiger partial charge on any atom is 0.0779 e. The predicted molar refractivity (Wildman–Crippen MR) is 194 cm³/mol. The SMILES string of the molecule is C/C=C1\C(=C/CC)N(c2ccccc2)c2ccccc2C12c1cc(-c3ccccc3)ccc1Nc1ccc(-c3ccccc3)cc12. The minimum atomic E-state index is -0.566. The molecule has 2 nitrogen and oxygen atoms in total. The van der Waals surface area contributed by atoms with Gasteiger partial charge >= 0.3 is 0 Å². The van der Waals surface area contributed by atoms with Gasteiger partial charge in [0.05, 0.1) is 11.1 Å². The average molecular weight is 593 g/mol. The van der Waals surface area contributed by atoms with Gasteiger partial charge < -0.3 is 10.2 Å². The zero-order chi connectivity index (χ0) is 31.1. The Kier molecular flexibility index (Phi) is 6.92. The number of hydrogen-bond acceptors (Lipinski definition) is 2. The van der Waals surface area contributed by atoms with Crippen molar-refractivity contribution in [3.63, 3.8) is 0 Å². The lowest BCUT2D eigenvalue weighted by Crippen LogP contribution is -2.43. The maximum atomic E-state index is 3.87. The largest absolute Gasteiger partial charge is 0.355 e. The average Bonchev–Trinajstić information content (AvgIpc) is 3.13. The van der Waals surface area contributed by atoms with Crippen molar-refractivity contribution in [2.75, 3.05) is 10.2 Å². The van der Waals surface area contributed by atoms with E-state index in [1.165, 1.54) is 55.9 Å². The summed E-state index contributed by atoms with van der Waals surface area (Å²) in [6, 6.07) is 55.2. The molecule has 8 rings (SSSR count). The molecule has 6 aromatic carbocycles. The fourth-order valence-corrected chi connectivity index (χ4v) is 7.61. The maximum absolute atomic E-state index is 3.87. The molecular weight excluding hydrogens is 556 g/mol. The molecule has 0 radical (unpaired) electrons. The molecule has 1 N–H and O–H groups in total. The van der Waals surface area contributed by atoms with Gasteiger partial charge in [-0.25, -0.2) is 0 Å². The molecule has 46 heavy (non-hydrogen) atoms. The molecule has 2 aliphatic rings. The van der Waals surface area contributed by atoms with Crippen molar-refractivity contribution in [1.29, 1.82) is 0 Å². The molecule has 0 fully saturated rings. The van der Waals surface area contributed by atoms with Crippen molar-refractivity contribution in [2.45, 2.75) is 25.7 Å². The van der Waals surface area contributed by atoms with Crippen LogP contribution in [0, 0.1) is 0 Å². The van der Waals surface area contributed by atoms with Crippen molar-refractivity contribution in [1.82, 2.24) is 0 Å². The van der Waals surface area contributed by atoms with Crippen LogP contribution in [0.2, 0.25) is 0 Å². The molecule has 0 unspecified atom stereocenters. The molecule has 6 aromatic rings. The van der Waals surface area contributed by atoms with Gasteiger partial charge in [-0.1, -0.05) is 128 Å². The van der Waals surface area contributed by atoms with Crippen LogP contribution in [-0.4, -0.2) is 0 Å². The number of hydrogen-bond donors (Lipinski definition) is 1. The van der Waals surface area contributed by atoms with E-state index in [0.717, 1.165) is 23.5 Å². The fourth-order valence-electron chi connectivity index (χ4n) is 7.61. The van der Waals surface area contributed by atoms with E-state index in [2.05, 4.69) is 188 Å². The summed E-state index contributed by atoms with van der Waals surface area (Å²) in [5.74, 6) is 0. The van der Waals surface area contributed by atoms with E-state index in [1.807, 2.05) is 0 Å². The van der Waals surface area contributed by atoms with Gasteiger partial charge in [-0.05, 0) is 100 Å². The predicted octanol–water partition coefficient (Wildman–Crippen LogP) is 11.8. The lowest BCUT2D eigenvalue weighted by molar-refractivity contribution is 0.700. The van der Waals surface area contributed by atoms with Crippen LogP contribution >= 0.6 is 0 Å². The molecule has 0 saturated heterocycles. The molecule has 1 spiro atoms. The molecule has 0 bridgehead atoms. The van der Waals surface area contributed by atoms with Crippen molar-refractivity contribution >= 4 is 22.7 Å². The Morgan fingerprint density at radius 1 is 0.565 bits per heavy atom. The van der Waals surface area contributed by atoms with E-state index in [0.29, 0.717) is 0 Å². The molecule has 2 aliphatic heterocycles. The number of fused-ring (bicyclic) bond motifs is 6. The Balaban J connectivity index is 1.52. The van der Waals surface area contributed by atoms with Crippen molar-refractivity contribution in [3.05, 3.63) is 192 Å². The van der Waals surface area contributed by atoms with Crippen LogP contribution < -0.4 is 10.2 Å². The number of nitrogens with one attached hydrogen (secondary N) is 1. The summed E-state index contributed by atoms with van der Waals surface area (Å²) in [4.78, 5) is 2.46. The van der Waals surface area contributed by atoms with Gasteiger partial charge in [0, 0.05) is 22.8 Å². The second kappa shape index (κ2) is 11.4. The molecule has 0 amide bonds. The van der Waals surface area contributed by atoms with Crippen LogP contribution in [-0.2, 0) is 5.41 Å². The van der Waals surface area contributed by atoms with Gasteiger partial charge in [0.1, 0.15) is 0 Å². The zero-order valence-corrected chi connectivity index (χ0v) is 26.2. The van der Waals surface area contributed by atoms with Crippen molar-refractivity contribution in [2.24, 2.45) is 0 Å². The second-order valence-electron chi connectivity index (χ2n) is 12.0. The number of rotatable bonds is 4. The highest BCUT2D eigenvalue weighted by Gasteiger charge is 2.51. The lowest BCUT2D eigenvalue weighted by Gasteiger charge is -2.51. The standard InChI is InChI=1S/C44H36N2/c1-3-16-42-36(4-2)44(37-23-14-15-24-43(37)46(42)35-21-12-7-13-22-35)38-29-33(31-17-8-5-9-18-31)25-27-40(38)45-41-28-26-34(30-39(41)44)32-19-10-6-11-20-32/h4-30,45H,3H2,1-2H3/b36-4+,42-16+. The van der Waals surface area contributed by atoms with E-state index in [-0.39, 0.29) is 0 Å². The van der Waals surface area contributed by atoms with Gasteiger partial charge in [-0.15, -0.1) is 0 Å². The molecule has 2 heteroatoms. The van der Waals surface area contributed by atoms with Gasteiger partial charge in [-0.2, -0.15) is 0 Å². The molecule has 0 atom stereocenters. The monoisotopic (exact) mass is 592 g/mol. The van der Waals surface area contributed by atoms with Crippen LogP contribution in [0.5, 0.6) is 0 Å². The number of allylic oxidation sites excluding steroid dienone is 3. The summed E-state index contributed by atoms with van der Waals surface area (Å²) in [5.41, 5.74) is 15.2. The minimum absolute atomic E-state index is 0.566. The highest BCUT2D eigenvalue weighted by atomic mass is 15.2. The third kappa shape index (κ3) is 4.25. The Hall–Kier alpha value is -5.60. The molecule has 222 valence electrons. The number of anilines is 4. The van der Waals surface area contributed by atoms with Crippen molar-refractivity contribution in [3.8, 4) is 22.3 Å². The van der Waals surface area contributed by atoms with E-state index >= 15 is 0 Å². The van der Waals surface area contributed by atoms with Gasteiger partial charge in [0.15, 0.2) is 0 Å². The Morgan fingerprint density at radius 2 is 1.09 bits per heavy atom. The summed E-state index contributed by atoms with van der Waals surface area (Å²) in [7, 11) is 0. The van der Waals surface area contributed by atoms with Crippen LogP contribution in [0.15, 0.2) is 175 Å². The molecular formula is C44H36N2. The first-order valence-electron chi connectivity index (χ1n) is 16.2. The quantitative estimate of drug-likeness (QED) is 0.219. The first kappa shape index (κ1) is 27.9. The summed E-state index contributed by atoms with van der Waals surface area (Å²) in [6.45, 7) is 4.45. The Morgan fingerprint density at radius 3 is 1.63 bits per heavy atom. The lowest BCUT2D eigenvalue weighted by atomic mass is 9.58. The highest BCUT2D eigenvalue weighted by Crippen LogP contribution is 2.62. The van der Waals surface area contributed by atoms with E-state index < -0.39 is 5.41 Å². The van der Waals surface area contributed by atoms with E-state index in [1.54, 1.807) is 0 Å². The first-order chi connectivity index (χ1) is 22.7. The van der Waals surface area contributed by atoms with Gasteiger partial charge in [0.25, 0.3) is 0 Å². The number of para-hydroxylation sites is 2. The number of nitrogens with zero attached hydrogens (tertiary/aromatic N) is 1. The molecule has 0 aliphatic carbocycles. The number of benzene rings is 6. The smallest absolute Gasteiger partial charge is 0.0779 e. The molecule has 0 aromatic heterocycles. The third-order valence-electron chi connectivity index (χ3n) is 9.50. The normalized spacial score (nSPS) is 16.1. The van der Waals surface area contributed by atoms with Crippen molar-refractivity contribution < 1.29 is 0 Å². The molecule has 2 heterocycles. The summed E-state index contributed by atoms with van der Waals surface area (Å²) >= 11 is 0. The highest BCUT2D eigenvalue weighted by molar-refractivity contribution is 5.92. The Bertz CT molecular complexity index is 2020. The van der Waals surface area contributed by atoms with E-state index in [4.69, 9.17) is 0 Å². The molecule has 0 saturated carbocycles. The van der Waals surface area contributed by atoms with Crippen LogP contribution in [0.25, 0.3) is 22.3 Å². The van der Waals surface area contributed by atoms with Gasteiger partial charge in [-0.3, -0.25) is 0 Å². The summed E-state index contributed by atoms with van der Waals surface area (Å²) in [5, 5.41) is 3.87. The topological polar surface area (TPSA) is 15.3 Å². The van der Waals surface area contributed by atoms with Crippen LogP contribution in [0.3, 0.4) is 0 Å². The van der Waals surface area contributed by atoms with E-state index in [9.17, 15) is 0 Å². The van der Waals surface area contributed by atoms with Crippen LogP contribution in [0.4, 0.5) is 22.7 Å². The van der Waals surface area contributed by atoms with Crippen LogP contribution in [0.1, 0.15) is 37.0 Å². The fraction of sp³-hybridized carbons (Fsp3) is 0.0909. The third-order valence-corrected chi connectivity index (χ3v) is 9.50. The summed E-state index contributed by atoms with van der Waals surface area (Å²) < 4.78 is 0. The minimum Gasteiger partial charge on any atom is -0.355 e. The zero-order valence-electron chi connectivity index (χ0n) is 26.2. The van der Waals surface area contributed by atoms with Gasteiger partial charge in [0.2, 0.25) is 0 Å². The second-order valence-corrected chi connectivity index (χ2v) is 12.0. The Labute approximate surface area is 272 Å². The first-order valence-corrected chi connectivity index (χ1v) is 16.2.